The first-order valence-electron chi connectivity index (χ1n) is 7.26. The molecule has 1 saturated carbocycles. The number of rotatable bonds is 4. The Balaban J connectivity index is 1.92. The summed E-state index contributed by atoms with van der Waals surface area (Å²) in [4.78, 5) is 3.83. The maximum Gasteiger partial charge on any atom is 0.419 e. The Bertz CT molecular complexity index is 423. The maximum absolute atomic E-state index is 12.8. The molecule has 1 N–H and O–H groups in total. The van der Waals surface area contributed by atoms with Crippen LogP contribution in [0.3, 0.4) is 0 Å². The van der Waals surface area contributed by atoms with Crippen molar-refractivity contribution in [3.8, 4) is 0 Å². The van der Waals surface area contributed by atoms with E-state index in [0.29, 0.717) is 12.5 Å². The molecule has 0 amide bonds. The SMILES string of the molecule is CCC1CCC(CNc2ncccc2C(F)(F)F)CC1. The van der Waals surface area contributed by atoms with Crippen molar-refractivity contribution < 1.29 is 13.2 Å². The second kappa shape index (κ2) is 6.46. The molecule has 1 heterocycles. The molecule has 0 aromatic carbocycles. The number of halogens is 3. The van der Waals surface area contributed by atoms with Crippen LogP contribution in [0.15, 0.2) is 18.3 Å². The lowest BCUT2D eigenvalue weighted by Crippen LogP contribution is -2.22. The van der Waals surface area contributed by atoms with Gasteiger partial charge in [0.05, 0.1) is 5.56 Å². The zero-order valence-electron chi connectivity index (χ0n) is 11.7. The molecule has 5 heteroatoms. The van der Waals surface area contributed by atoms with Gasteiger partial charge in [-0.25, -0.2) is 4.98 Å². The van der Waals surface area contributed by atoms with Gasteiger partial charge in [-0.05, 0) is 36.8 Å². The summed E-state index contributed by atoms with van der Waals surface area (Å²) in [5, 5.41) is 2.89. The normalized spacial score (nSPS) is 23.6. The van der Waals surface area contributed by atoms with Crippen molar-refractivity contribution in [2.45, 2.75) is 45.2 Å². The van der Waals surface area contributed by atoms with Crippen molar-refractivity contribution in [3.63, 3.8) is 0 Å². The average Bonchev–Trinajstić information content (AvgIpc) is 2.45. The Hall–Kier alpha value is -1.26. The van der Waals surface area contributed by atoms with E-state index in [9.17, 15) is 13.2 Å². The van der Waals surface area contributed by atoms with Crippen LogP contribution in [-0.2, 0) is 6.18 Å². The predicted molar refractivity (Wildman–Crippen MR) is 73.5 cm³/mol. The first kappa shape index (κ1) is 15.1. The van der Waals surface area contributed by atoms with Gasteiger partial charge in [0.2, 0.25) is 0 Å². The van der Waals surface area contributed by atoms with Gasteiger partial charge in [0.1, 0.15) is 5.82 Å². The largest absolute Gasteiger partial charge is 0.419 e. The fourth-order valence-corrected chi connectivity index (χ4v) is 2.86. The first-order chi connectivity index (χ1) is 9.50. The van der Waals surface area contributed by atoms with Crippen LogP contribution in [0.25, 0.3) is 0 Å². The van der Waals surface area contributed by atoms with Crippen LogP contribution in [0.2, 0.25) is 0 Å². The quantitative estimate of drug-likeness (QED) is 0.865. The van der Waals surface area contributed by atoms with Crippen LogP contribution in [0.5, 0.6) is 0 Å². The highest BCUT2D eigenvalue weighted by Gasteiger charge is 2.34. The maximum atomic E-state index is 12.8. The fourth-order valence-electron chi connectivity index (χ4n) is 2.86. The molecule has 1 aromatic rings. The molecule has 0 bridgehead atoms. The van der Waals surface area contributed by atoms with Gasteiger partial charge in [-0.1, -0.05) is 26.2 Å². The summed E-state index contributed by atoms with van der Waals surface area (Å²) >= 11 is 0. The van der Waals surface area contributed by atoms with Gasteiger partial charge < -0.3 is 5.32 Å². The Kier molecular flexibility index (Phi) is 4.89. The van der Waals surface area contributed by atoms with Crippen LogP contribution in [0.4, 0.5) is 19.0 Å². The van der Waals surface area contributed by atoms with Gasteiger partial charge in [-0.15, -0.1) is 0 Å². The molecule has 112 valence electrons. The molecule has 2 rings (SSSR count). The van der Waals surface area contributed by atoms with Crippen LogP contribution in [0.1, 0.15) is 44.6 Å². The zero-order chi connectivity index (χ0) is 14.6. The highest BCUT2D eigenvalue weighted by atomic mass is 19.4. The summed E-state index contributed by atoms with van der Waals surface area (Å²) in [6, 6.07) is 2.39. The van der Waals surface area contributed by atoms with E-state index in [2.05, 4.69) is 17.2 Å². The topological polar surface area (TPSA) is 24.9 Å². The molecular formula is C15H21F3N2. The molecule has 0 unspecified atom stereocenters. The molecule has 0 aliphatic heterocycles. The molecule has 1 aliphatic carbocycles. The third kappa shape index (κ3) is 3.87. The van der Waals surface area contributed by atoms with Crippen molar-refractivity contribution >= 4 is 5.82 Å². The second-order valence-electron chi connectivity index (χ2n) is 5.57. The number of alkyl halides is 3. The van der Waals surface area contributed by atoms with Crippen molar-refractivity contribution in [1.82, 2.24) is 4.98 Å². The molecular weight excluding hydrogens is 265 g/mol. The van der Waals surface area contributed by atoms with E-state index in [4.69, 9.17) is 0 Å². The van der Waals surface area contributed by atoms with Crippen LogP contribution < -0.4 is 5.32 Å². The Labute approximate surface area is 117 Å². The number of nitrogens with one attached hydrogen (secondary N) is 1. The summed E-state index contributed by atoms with van der Waals surface area (Å²) in [5.74, 6) is 1.21. The van der Waals surface area contributed by atoms with E-state index in [1.165, 1.54) is 31.5 Å². The molecule has 0 spiro atoms. The van der Waals surface area contributed by atoms with Gasteiger partial charge in [0, 0.05) is 12.7 Å². The molecule has 2 nitrogen and oxygen atoms in total. The molecule has 20 heavy (non-hydrogen) atoms. The number of hydrogen-bond acceptors (Lipinski definition) is 2. The highest BCUT2D eigenvalue weighted by molar-refractivity contribution is 5.45. The number of aromatic nitrogens is 1. The Morgan fingerprint density at radius 2 is 1.85 bits per heavy atom. The van der Waals surface area contributed by atoms with Crippen LogP contribution >= 0.6 is 0 Å². The minimum absolute atomic E-state index is 0.0439. The monoisotopic (exact) mass is 286 g/mol. The summed E-state index contributed by atoms with van der Waals surface area (Å²) in [6.07, 6.45) is 2.83. The summed E-state index contributed by atoms with van der Waals surface area (Å²) in [6.45, 7) is 2.78. The van der Waals surface area contributed by atoms with Gasteiger partial charge in [0.15, 0.2) is 0 Å². The lowest BCUT2D eigenvalue weighted by molar-refractivity contribution is -0.137. The summed E-state index contributed by atoms with van der Waals surface area (Å²) in [5.41, 5.74) is -0.678. The van der Waals surface area contributed by atoms with Gasteiger partial charge in [0.25, 0.3) is 0 Å². The van der Waals surface area contributed by atoms with E-state index < -0.39 is 11.7 Å². The Morgan fingerprint density at radius 3 is 2.45 bits per heavy atom. The lowest BCUT2D eigenvalue weighted by Gasteiger charge is -2.28. The van der Waals surface area contributed by atoms with Crippen molar-refractivity contribution in [2.75, 3.05) is 11.9 Å². The highest BCUT2D eigenvalue weighted by Crippen LogP contribution is 2.34. The van der Waals surface area contributed by atoms with Gasteiger partial charge >= 0.3 is 6.18 Å². The smallest absolute Gasteiger partial charge is 0.369 e. The van der Waals surface area contributed by atoms with Crippen LogP contribution in [-0.4, -0.2) is 11.5 Å². The Morgan fingerprint density at radius 1 is 1.20 bits per heavy atom. The standard InChI is InChI=1S/C15H21F3N2/c1-2-11-5-7-12(8-6-11)10-20-14-13(15(16,17)18)4-3-9-19-14/h3-4,9,11-12H,2,5-8,10H2,1H3,(H,19,20). The summed E-state index contributed by atoms with van der Waals surface area (Å²) in [7, 11) is 0. The number of hydrogen-bond donors (Lipinski definition) is 1. The average molecular weight is 286 g/mol. The zero-order valence-corrected chi connectivity index (χ0v) is 11.7. The minimum Gasteiger partial charge on any atom is -0.369 e. The first-order valence-corrected chi connectivity index (χ1v) is 7.26. The van der Waals surface area contributed by atoms with E-state index in [-0.39, 0.29) is 5.82 Å². The second-order valence-corrected chi connectivity index (χ2v) is 5.57. The molecule has 1 aliphatic rings. The van der Waals surface area contributed by atoms with E-state index >= 15 is 0 Å². The number of nitrogens with zero attached hydrogens (tertiary/aromatic N) is 1. The van der Waals surface area contributed by atoms with E-state index in [0.717, 1.165) is 24.8 Å². The van der Waals surface area contributed by atoms with E-state index in [1.807, 2.05) is 0 Å². The molecule has 1 aromatic heterocycles. The molecule has 1 fully saturated rings. The van der Waals surface area contributed by atoms with Crippen molar-refractivity contribution in [2.24, 2.45) is 11.8 Å². The predicted octanol–water partition coefficient (Wildman–Crippen LogP) is 4.73. The molecule has 0 saturated heterocycles. The third-order valence-corrected chi connectivity index (χ3v) is 4.21. The van der Waals surface area contributed by atoms with E-state index in [1.54, 1.807) is 0 Å². The van der Waals surface area contributed by atoms with Crippen molar-refractivity contribution in [1.29, 1.82) is 0 Å². The minimum atomic E-state index is -4.35. The third-order valence-electron chi connectivity index (χ3n) is 4.21. The molecule has 0 atom stereocenters. The molecule has 0 radical (unpaired) electrons. The van der Waals surface area contributed by atoms with Crippen LogP contribution in [0, 0.1) is 11.8 Å². The van der Waals surface area contributed by atoms with Gasteiger partial charge in [-0.2, -0.15) is 13.2 Å². The summed E-state index contributed by atoms with van der Waals surface area (Å²) < 4.78 is 38.5. The lowest BCUT2D eigenvalue weighted by atomic mass is 9.81. The van der Waals surface area contributed by atoms with Gasteiger partial charge in [-0.3, -0.25) is 0 Å². The number of anilines is 1. The fraction of sp³-hybridized carbons (Fsp3) is 0.667. The van der Waals surface area contributed by atoms with Crippen molar-refractivity contribution in [3.05, 3.63) is 23.9 Å². The number of pyridine rings is 1.